The first kappa shape index (κ1) is 72.4. The summed E-state index contributed by atoms with van der Waals surface area (Å²) in [5, 5.41) is 9.83. The summed E-state index contributed by atoms with van der Waals surface area (Å²) in [6.45, 7) is 4.43. The van der Waals surface area contributed by atoms with Gasteiger partial charge >= 0.3 is 25.7 Å². The second-order valence-corrected chi connectivity index (χ2v) is 21.2. The molecule has 0 aromatic carbocycles. The number of phosphoric acid groups is 1. The molecule has 3 atom stereocenters. The Bertz CT molecular complexity index is 1640. The van der Waals surface area contributed by atoms with Gasteiger partial charge in [0, 0.05) is 19.3 Å². The topological polar surface area (TPSA) is 155 Å². The second-order valence-electron chi connectivity index (χ2n) is 19.8. The molecule has 2 N–H and O–H groups in total. The highest BCUT2D eigenvalue weighted by Crippen LogP contribution is 2.43. The molecule has 0 aliphatic carbocycles. The van der Waals surface area contributed by atoms with E-state index in [9.17, 15) is 28.9 Å². The maximum Gasteiger partial charge on any atom is 0.472 e. The first-order valence-corrected chi connectivity index (χ1v) is 31.6. The molecule has 0 spiro atoms. The summed E-state index contributed by atoms with van der Waals surface area (Å²) in [5.74, 6) is -1.54. The Kier molecular flexibility index (Phi) is 54.8. The standard InChI is InChI=1S/C64H109O11P/c1-4-7-10-13-16-19-22-25-28-29-30-31-34-35-38-41-44-47-50-53-62(66)71-57-61(75-64(68)55-52-49-46-43-40-37-33-27-24-21-18-15-12-9-6-3)59-73-76(69,70)72-58-60(56-65)74-63(67)54-51-48-45-42-39-36-32-26-23-20-17-14-11-8-5-2/h9,12,16,18-19,21,25-28,30-33,40,43,60-61,65H,4-8,10-11,13-15,17,20,22-24,29,34-39,41-42,44-59H2,1-3H3,(H,69,70)/b12-9-,19-16-,21-18-,28-25-,31-30-,32-26-,33-27-,43-40-. The maximum absolute atomic E-state index is 12.9. The van der Waals surface area contributed by atoms with E-state index in [0.717, 1.165) is 128 Å². The number of hydrogen-bond donors (Lipinski definition) is 2. The number of phosphoric ester groups is 1. The van der Waals surface area contributed by atoms with Crippen molar-refractivity contribution in [2.75, 3.05) is 26.4 Å². The van der Waals surface area contributed by atoms with Crippen molar-refractivity contribution in [3.8, 4) is 0 Å². The SMILES string of the molecule is CC/C=C\C/C=C\C/C=C\C/C=C\CCCCC(=O)OC(COC(=O)CCCCCCCC/C=C\C/C=C\C/C=C\CCCCC)COP(=O)(O)OCC(CO)OC(=O)CCCCCCC/C=C\CCCCCCCC. The van der Waals surface area contributed by atoms with Gasteiger partial charge in [-0.3, -0.25) is 23.4 Å². The zero-order valence-corrected chi connectivity index (χ0v) is 49.1. The molecule has 3 unspecified atom stereocenters. The van der Waals surface area contributed by atoms with Crippen LogP contribution in [0.3, 0.4) is 0 Å². The van der Waals surface area contributed by atoms with Gasteiger partial charge in [-0.05, 0) is 122 Å². The number of ether oxygens (including phenoxy) is 3. The van der Waals surface area contributed by atoms with E-state index in [1.54, 1.807) is 0 Å². The molecular weight excluding hydrogens is 976 g/mol. The van der Waals surface area contributed by atoms with E-state index in [1.165, 1.54) is 64.2 Å². The van der Waals surface area contributed by atoms with Crippen molar-refractivity contribution in [2.45, 2.75) is 264 Å². The number of unbranched alkanes of at least 4 members (excludes halogenated alkanes) is 22. The highest BCUT2D eigenvalue weighted by molar-refractivity contribution is 7.47. The van der Waals surface area contributed by atoms with Crippen LogP contribution in [0.25, 0.3) is 0 Å². The van der Waals surface area contributed by atoms with Crippen LogP contribution in [0.15, 0.2) is 97.2 Å². The highest BCUT2D eigenvalue weighted by Gasteiger charge is 2.28. The maximum atomic E-state index is 12.9. The molecule has 0 saturated heterocycles. The molecule has 0 aromatic rings. The fraction of sp³-hybridized carbons (Fsp3) is 0.703. The van der Waals surface area contributed by atoms with Gasteiger partial charge in [0.15, 0.2) is 6.10 Å². The quantitative estimate of drug-likeness (QED) is 0.0197. The molecule has 0 radical (unpaired) electrons. The molecule has 0 amide bonds. The molecule has 0 aliphatic rings. The second kappa shape index (κ2) is 57.6. The van der Waals surface area contributed by atoms with Crippen molar-refractivity contribution in [3.05, 3.63) is 97.2 Å². The Morgan fingerprint density at radius 3 is 1.12 bits per heavy atom. The predicted octanol–water partition coefficient (Wildman–Crippen LogP) is 18.0. The van der Waals surface area contributed by atoms with Gasteiger partial charge in [0.1, 0.15) is 12.7 Å². The van der Waals surface area contributed by atoms with Gasteiger partial charge in [-0.2, -0.15) is 0 Å². The lowest BCUT2D eigenvalue weighted by Crippen LogP contribution is -2.30. The van der Waals surface area contributed by atoms with Crippen LogP contribution in [-0.2, 0) is 42.2 Å². The number of aliphatic hydroxyl groups is 1. The Morgan fingerprint density at radius 2 is 0.684 bits per heavy atom. The van der Waals surface area contributed by atoms with Gasteiger partial charge in [0.05, 0.1) is 19.8 Å². The Hall–Kier alpha value is -3.60. The number of carbonyl (C=O) groups excluding carboxylic acids is 3. The highest BCUT2D eigenvalue weighted by atomic mass is 31.2. The third-order valence-corrected chi connectivity index (χ3v) is 13.4. The van der Waals surface area contributed by atoms with Gasteiger partial charge in [-0.25, -0.2) is 4.57 Å². The molecule has 0 aromatic heterocycles. The van der Waals surface area contributed by atoms with Crippen molar-refractivity contribution in [3.63, 3.8) is 0 Å². The number of carbonyl (C=O) groups is 3. The largest absolute Gasteiger partial charge is 0.472 e. The van der Waals surface area contributed by atoms with E-state index in [2.05, 4.69) is 118 Å². The Labute approximate surface area is 463 Å². The molecule has 0 saturated carbocycles. The summed E-state index contributed by atoms with van der Waals surface area (Å²) in [6.07, 6.45) is 67.9. The first-order valence-electron chi connectivity index (χ1n) is 30.1. The summed E-state index contributed by atoms with van der Waals surface area (Å²) in [7, 11) is -4.77. The van der Waals surface area contributed by atoms with E-state index in [1.807, 2.05) is 0 Å². The number of rotatable bonds is 55. The normalized spacial score (nSPS) is 14.0. The van der Waals surface area contributed by atoms with Crippen molar-refractivity contribution >= 4 is 25.7 Å². The van der Waals surface area contributed by atoms with Crippen LogP contribution >= 0.6 is 7.82 Å². The predicted molar refractivity (Wildman–Crippen MR) is 316 cm³/mol. The van der Waals surface area contributed by atoms with Crippen LogP contribution < -0.4 is 0 Å². The average Bonchev–Trinajstić information content (AvgIpc) is 3.41. The van der Waals surface area contributed by atoms with E-state index in [-0.39, 0.29) is 25.9 Å². The molecule has 436 valence electrons. The number of esters is 3. The summed E-state index contributed by atoms with van der Waals surface area (Å²) < 4.78 is 39.5. The molecule has 0 rings (SSSR count). The van der Waals surface area contributed by atoms with E-state index in [4.69, 9.17) is 23.3 Å². The van der Waals surface area contributed by atoms with Gasteiger partial charge in [-0.15, -0.1) is 0 Å². The van der Waals surface area contributed by atoms with Crippen LogP contribution in [0.4, 0.5) is 0 Å². The lowest BCUT2D eigenvalue weighted by Gasteiger charge is -2.21. The summed E-state index contributed by atoms with van der Waals surface area (Å²) >= 11 is 0. The van der Waals surface area contributed by atoms with E-state index >= 15 is 0 Å². The van der Waals surface area contributed by atoms with Crippen molar-refractivity contribution in [2.24, 2.45) is 0 Å². The van der Waals surface area contributed by atoms with Crippen LogP contribution in [-0.4, -0.2) is 66.5 Å². The van der Waals surface area contributed by atoms with Gasteiger partial charge in [-0.1, -0.05) is 208 Å². The minimum Gasteiger partial charge on any atom is -0.462 e. The van der Waals surface area contributed by atoms with Crippen LogP contribution in [0.5, 0.6) is 0 Å². The van der Waals surface area contributed by atoms with Crippen LogP contribution in [0.1, 0.15) is 252 Å². The third kappa shape index (κ3) is 55.2. The van der Waals surface area contributed by atoms with E-state index < -0.39 is 57.8 Å². The summed E-state index contributed by atoms with van der Waals surface area (Å²) in [4.78, 5) is 48.6. The minimum absolute atomic E-state index is 0.108. The number of aliphatic hydroxyl groups excluding tert-OH is 1. The van der Waals surface area contributed by atoms with Crippen molar-refractivity contribution in [1.82, 2.24) is 0 Å². The van der Waals surface area contributed by atoms with Crippen molar-refractivity contribution < 1.29 is 52.2 Å². The van der Waals surface area contributed by atoms with Crippen LogP contribution in [0, 0.1) is 0 Å². The average molecular weight is 1090 g/mol. The fourth-order valence-electron chi connectivity index (χ4n) is 7.88. The van der Waals surface area contributed by atoms with Gasteiger partial charge in [0.25, 0.3) is 0 Å². The fourth-order valence-corrected chi connectivity index (χ4v) is 8.66. The molecule has 11 nitrogen and oxygen atoms in total. The summed E-state index contributed by atoms with van der Waals surface area (Å²) in [6, 6.07) is 0. The molecule has 0 heterocycles. The molecule has 12 heteroatoms. The minimum atomic E-state index is -4.77. The first-order chi connectivity index (χ1) is 37.2. The molecule has 0 fully saturated rings. The smallest absolute Gasteiger partial charge is 0.462 e. The molecule has 0 bridgehead atoms. The molecular formula is C64H109O11P. The van der Waals surface area contributed by atoms with Gasteiger partial charge in [0.2, 0.25) is 0 Å². The third-order valence-electron chi connectivity index (χ3n) is 12.5. The molecule has 0 aliphatic heterocycles. The monoisotopic (exact) mass is 1080 g/mol. The lowest BCUT2D eigenvalue weighted by atomic mass is 10.1. The number of allylic oxidation sites excluding steroid dienone is 16. The lowest BCUT2D eigenvalue weighted by molar-refractivity contribution is -0.161. The van der Waals surface area contributed by atoms with Crippen molar-refractivity contribution in [1.29, 1.82) is 0 Å². The van der Waals surface area contributed by atoms with Gasteiger partial charge < -0.3 is 24.2 Å². The van der Waals surface area contributed by atoms with Crippen LogP contribution in [0.2, 0.25) is 0 Å². The Morgan fingerprint density at radius 1 is 0.382 bits per heavy atom. The molecule has 76 heavy (non-hydrogen) atoms. The van der Waals surface area contributed by atoms with E-state index in [0.29, 0.717) is 19.3 Å². The summed E-state index contributed by atoms with van der Waals surface area (Å²) in [5.41, 5.74) is 0. The zero-order valence-electron chi connectivity index (χ0n) is 48.2. The number of hydrogen-bond acceptors (Lipinski definition) is 10. The Balaban J connectivity index is 4.79. The zero-order chi connectivity index (χ0) is 55.5.